The van der Waals surface area contributed by atoms with Gasteiger partial charge in [-0.25, -0.2) is 0 Å². The van der Waals surface area contributed by atoms with Gasteiger partial charge in [0.2, 0.25) is 5.88 Å². The van der Waals surface area contributed by atoms with Gasteiger partial charge in [-0.3, -0.25) is 5.10 Å². The Kier molecular flexibility index (Phi) is 5.01. The molecule has 0 atom stereocenters. The fourth-order valence-electron chi connectivity index (χ4n) is 4.34. The molecule has 0 saturated carbocycles. The van der Waals surface area contributed by atoms with Crippen LogP contribution in [0.25, 0.3) is 33.3 Å². The van der Waals surface area contributed by atoms with E-state index in [2.05, 4.69) is 55.2 Å². The lowest BCUT2D eigenvalue weighted by molar-refractivity contribution is 0.414. The zero-order valence-corrected chi connectivity index (χ0v) is 19.2. The average Bonchev–Trinajstić information content (AvgIpc) is 3.53. The number of rotatable bonds is 5. The van der Waals surface area contributed by atoms with Crippen molar-refractivity contribution in [2.45, 2.75) is 32.7 Å². The molecule has 0 aliphatic heterocycles. The number of aromatic hydroxyl groups is 1. The van der Waals surface area contributed by atoms with Crippen molar-refractivity contribution in [1.29, 1.82) is 0 Å². The fourth-order valence-corrected chi connectivity index (χ4v) is 4.34. The number of benzene rings is 2. The maximum atomic E-state index is 11.3. The summed E-state index contributed by atoms with van der Waals surface area (Å²) in [5.41, 5.74) is 6.31. The Morgan fingerprint density at radius 1 is 1.03 bits per heavy atom. The zero-order chi connectivity index (χ0) is 23.2. The number of hydrogen-bond donors (Lipinski definition) is 2. The first kappa shape index (κ1) is 20.9. The normalized spacial score (nSPS) is 11.9. The Hall–Kier alpha value is -3.93. The molecule has 2 aromatic carbocycles. The van der Waals surface area contributed by atoms with Crippen LogP contribution >= 0.6 is 0 Å². The third-order valence-corrected chi connectivity index (χ3v) is 5.97. The summed E-state index contributed by atoms with van der Waals surface area (Å²) in [6, 6.07) is 18.1. The lowest BCUT2D eigenvalue weighted by Crippen LogP contribution is -2.13. The molecule has 5 aromatic rings. The summed E-state index contributed by atoms with van der Waals surface area (Å²) in [5.74, 6) is 0.905. The molecule has 5 rings (SSSR count). The van der Waals surface area contributed by atoms with Crippen molar-refractivity contribution in [3.05, 3.63) is 78.4 Å². The molecular formula is C27H27N3O3. The van der Waals surface area contributed by atoms with Crippen LogP contribution in [0.2, 0.25) is 0 Å². The Balaban J connectivity index is 1.69. The highest BCUT2D eigenvalue weighted by atomic mass is 16.5. The predicted molar refractivity (Wildman–Crippen MR) is 130 cm³/mol. The van der Waals surface area contributed by atoms with Crippen LogP contribution in [-0.4, -0.2) is 27.0 Å². The van der Waals surface area contributed by atoms with Crippen LogP contribution in [0, 0.1) is 0 Å². The predicted octanol–water partition coefficient (Wildman–Crippen LogP) is 6.35. The molecule has 0 bridgehead atoms. The number of aromatic amines is 1. The number of furan rings is 1. The van der Waals surface area contributed by atoms with Gasteiger partial charge in [-0.15, -0.1) is 0 Å². The van der Waals surface area contributed by atoms with Gasteiger partial charge in [-0.1, -0.05) is 57.2 Å². The number of fused-ring (bicyclic) bond motifs is 1. The molecular weight excluding hydrogens is 414 g/mol. The highest BCUT2D eigenvalue weighted by Gasteiger charge is 2.29. The number of aromatic nitrogens is 3. The van der Waals surface area contributed by atoms with E-state index in [-0.39, 0.29) is 11.3 Å². The summed E-state index contributed by atoms with van der Waals surface area (Å²) in [4.78, 5) is 0. The van der Waals surface area contributed by atoms with Gasteiger partial charge in [-0.05, 0) is 29.3 Å². The van der Waals surface area contributed by atoms with E-state index in [1.165, 1.54) is 0 Å². The number of para-hydroxylation sites is 1. The van der Waals surface area contributed by atoms with Gasteiger partial charge in [0.15, 0.2) is 0 Å². The van der Waals surface area contributed by atoms with Crippen molar-refractivity contribution in [2.75, 3.05) is 7.11 Å². The minimum Gasteiger partial charge on any atom is -0.496 e. The summed E-state index contributed by atoms with van der Waals surface area (Å²) >= 11 is 0. The van der Waals surface area contributed by atoms with Gasteiger partial charge in [-0.2, -0.15) is 5.10 Å². The Bertz CT molecular complexity index is 1400. The van der Waals surface area contributed by atoms with Gasteiger partial charge in [0.1, 0.15) is 11.3 Å². The van der Waals surface area contributed by atoms with Crippen LogP contribution in [0.3, 0.4) is 0 Å². The Labute approximate surface area is 192 Å². The molecule has 33 heavy (non-hydrogen) atoms. The Morgan fingerprint density at radius 3 is 2.45 bits per heavy atom. The molecule has 0 saturated heterocycles. The minimum atomic E-state index is -0.208. The monoisotopic (exact) mass is 441 g/mol. The number of H-pyrrole nitrogens is 1. The number of hydrogen-bond acceptors (Lipinski definition) is 4. The van der Waals surface area contributed by atoms with Crippen molar-refractivity contribution in [2.24, 2.45) is 0 Å². The summed E-state index contributed by atoms with van der Waals surface area (Å²) in [5, 5.41) is 19.8. The van der Waals surface area contributed by atoms with Crippen molar-refractivity contribution in [1.82, 2.24) is 14.8 Å². The molecule has 0 aliphatic carbocycles. The molecule has 3 heterocycles. The molecule has 0 fully saturated rings. The number of nitrogens with one attached hydrogen (secondary N) is 1. The van der Waals surface area contributed by atoms with Gasteiger partial charge >= 0.3 is 0 Å². The van der Waals surface area contributed by atoms with Crippen LogP contribution in [0.1, 0.15) is 32.0 Å². The first-order valence-corrected chi connectivity index (χ1v) is 10.9. The molecule has 0 aliphatic rings. The minimum absolute atomic E-state index is 0.160. The summed E-state index contributed by atoms with van der Waals surface area (Å²) in [7, 11) is 1.66. The van der Waals surface area contributed by atoms with Crippen molar-refractivity contribution < 1.29 is 14.3 Å². The highest BCUT2D eigenvalue weighted by molar-refractivity contribution is 6.01. The maximum Gasteiger partial charge on any atom is 0.218 e. The topological polar surface area (TPSA) is 76.2 Å². The highest BCUT2D eigenvalue weighted by Crippen LogP contribution is 2.44. The van der Waals surface area contributed by atoms with Gasteiger partial charge in [0.25, 0.3) is 0 Å². The van der Waals surface area contributed by atoms with Crippen LogP contribution in [0.5, 0.6) is 11.6 Å². The van der Waals surface area contributed by atoms with Crippen LogP contribution in [-0.2, 0) is 12.0 Å². The molecule has 168 valence electrons. The third kappa shape index (κ3) is 3.57. The molecule has 0 unspecified atom stereocenters. The molecule has 2 N–H and O–H groups in total. The molecule has 6 heteroatoms. The Morgan fingerprint density at radius 2 is 1.79 bits per heavy atom. The second-order valence-electron chi connectivity index (χ2n) is 9.24. The van der Waals surface area contributed by atoms with E-state index in [1.807, 2.05) is 34.9 Å². The lowest BCUT2D eigenvalue weighted by Gasteiger charge is -2.18. The molecule has 0 spiro atoms. The van der Waals surface area contributed by atoms with Crippen molar-refractivity contribution in [3.8, 4) is 34.0 Å². The molecule has 3 aromatic heterocycles. The van der Waals surface area contributed by atoms with E-state index >= 15 is 0 Å². The largest absolute Gasteiger partial charge is 0.496 e. The summed E-state index contributed by atoms with van der Waals surface area (Å²) in [6.45, 7) is 6.86. The fraction of sp³-hybridized carbons (Fsp3) is 0.222. The first-order chi connectivity index (χ1) is 15.9. The second kappa shape index (κ2) is 7.89. The number of methoxy groups -OCH3 is 1. The molecule has 6 nitrogen and oxygen atoms in total. The number of nitrogens with zero attached hydrogens (tertiary/aromatic N) is 2. The molecule has 0 radical (unpaired) electrons. The van der Waals surface area contributed by atoms with Crippen molar-refractivity contribution >= 4 is 10.9 Å². The van der Waals surface area contributed by atoms with E-state index < -0.39 is 0 Å². The van der Waals surface area contributed by atoms with Gasteiger partial charge in [0.05, 0.1) is 43.0 Å². The van der Waals surface area contributed by atoms with E-state index in [0.29, 0.717) is 12.1 Å². The quantitative estimate of drug-likeness (QED) is 0.333. The van der Waals surface area contributed by atoms with E-state index in [9.17, 15) is 5.11 Å². The number of ether oxygens (including phenoxy) is 1. The zero-order valence-electron chi connectivity index (χ0n) is 19.2. The van der Waals surface area contributed by atoms with Crippen LogP contribution < -0.4 is 4.74 Å². The molecule has 0 amide bonds. The SMILES string of the molecule is COc1ccccc1-c1c2c(C(C)(C)C)n[nH]c2c(O)n1Cc1ccc(-c2ccoc2)cc1. The average molecular weight is 442 g/mol. The first-order valence-electron chi connectivity index (χ1n) is 10.9. The van der Waals surface area contributed by atoms with Gasteiger partial charge in [0, 0.05) is 16.5 Å². The van der Waals surface area contributed by atoms with E-state index in [0.717, 1.165) is 44.8 Å². The maximum absolute atomic E-state index is 11.3. The lowest BCUT2D eigenvalue weighted by atomic mass is 9.89. The van der Waals surface area contributed by atoms with Gasteiger partial charge < -0.3 is 18.8 Å². The summed E-state index contributed by atoms with van der Waals surface area (Å²) in [6.07, 6.45) is 3.40. The standard InChI is InChI=1S/C27H27N3O3/c1-27(2,3)25-22-23(28-29-25)26(31)30(24(22)20-7-5-6-8-21(20)32-4)15-17-9-11-18(12-10-17)19-13-14-33-16-19/h5-14,16,28,31H,15H2,1-4H3. The van der Waals surface area contributed by atoms with E-state index in [4.69, 9.17) is 9.15 Å². The van der Waals surface area contributed by atoms with Crippen LogP contribution in [0.15, 0.2) is 71.5 Å². The van der Waals surface area contributed by atoms with Crippen LogP contribution in [0.4, 0.5) is 0 Å². The van der Waals surface area contributed by atoms with Crippen molar-refractivity contribution in [3.63, 3.8) is 0 Å². The third-order valence-electron chi connectivity index (χ3n) is 5.97. The second-order valence-corrected chi connectivity index (χ2v) is 9.24. The van der Waals surface area contributed by atoms with E-state index in [1.54, 1.807) is 19.6 Å². The smallest absolute Gasteiger partial charge is 0.218 e. The summed E-state index contributed by atoms with van der Waals surface area (Å²) < 4.78 is 12.8.